The molecule has 26 heavy (non-hydrogen) atoms. The van der Waals surface area contributed by atoms with Crippen molar-refractivity contribution >= 4 is 5.91 Å². The number of rotatable bonds is 3. The van der Waals surface area contributed by atoms with Crippen LogP contribution in [0.25, 0.3) is 0 Å². The van der Waals surface area contributed by atoms with E-state index in [9.17, 15) is 9.59 Å². The molecule has 1 aromatic heterocycles. The second-order valence-corrected chi connectivity index (χ2v) is 8.72. The number of carbonyl (C=O) groups is 1. The highest BCUT2D eigenvalue weighted by Gasteiger charge is 2.29. The molecule has 1 N–H and O–H groups in total. The largest absolute Gasteiger partial charge is 0.353 e. The summed E-state index contributed by atoms with van der Waals surface area (Å²) in [6, 6.07) is 2.26. The van der Waals surface area contributed by atoms with Gasteiger partial charge in [-0.05, 0) is 82.1 Å². The van der Waals surface area contributed by atoms with Crippen LogP contribution >= 0.6 is 0 Å². The molecule has 5 nitrogen and oxygen atoms in total. The Morgan fingerprint density at radius 3 is 2.54 bits per heavy atom. The average molecular weight is 357 g/mol. The molecular weight excluding hydrogens is 326 g/mol. The van der Waals surface area contributed by atoms with Crippen LogP contribution in [0.1, 0.15) is 82.0 Å². The molecule has 0 bridgehead atoms. The smallest absolute Gasteiger partial charge is 0.267 e. The van der Waals surface area contributed by atoms with Gasteiger partial charge in [-0.2, -0.15) is 5.10 Å². The van der Waals surface area contributed by atoms with Crippen molar-refractivity contribution in [1.82, 2.24) is 15.1 Å². The van der Waals surface area contributed by atoms with Crippen LogP contribution in [0.15, 0.2) is 10.9 Å². The number of carbonyl (C=O) groups excluding carboxylic acids is 1. The molecule has 0 spiro atoms. The fourth-order valence-corrected chi connectivity index (χ4v) is 4.98. The molecule has 3 aliphatic rings. The fraction of sp³-hybridized carbons (Fsp3) is 0.762. The first kappa shape index (κ1) is 17.7. The summed E-state index contributed by atoms with van der Waals surface area (Å²) < 4.78 is 1.73. The number of nitrogens with zero attached hydrogens (tertiary/aromatic N) is 2. The van der Waals surface area contributed by atoms with Crippen LogP contribution in [0.4, 0.5) is 0 Å². The van der Waals surface area contributed by atoms with Crippen molar-refractivity contribution in [3.8, 4) is 0 Å². The highest BCUT2D eigenvalue weighted by Crippen LogP contribution is 2.31. The predicted octanol–water partition coefficient (Wildman–Crippen LogP) is 3.16. The van der Waals surface area contributed by atoms with E-state index in [0.717, 1.165) is 75.0 Å². The Morgan fingerprint density at radius 2 is 1.81 bits per heavy atom. The van der Waals surface area contributed by atoms with E-state index in [-0.39, 0.29) is 29.5 Å². The molecule has 2 fully saturated rings. The molecule has 5 heteroatoms. The van der Waals surface area contributed by atoms with Gasteiger partial charge in [-0.15, -0.1) is 0 Å². The molecule has 1 aromatic rings. The molecule has 3 aliphatic carbocycles. The normalized spacial score (nSPS) is 31.4. The van der Waals surface area contributed by atoms with Gasteiger partial charge < -0.3 is 5.32 Å². The van der Waals surface area contributed by atoms with Crippen LogP contribution in [0.3, 0.4) is 0 Å². The minimum atomic E-state index is 0.0504. The van der Waals surface area contributed by atoms with Crippen molar-refractivity contribution in [2.24, 2.45) is 11.8 Å². The molecule has 0 aromatic carbocycles. The van der Waals surface area contributed by atoms with Gasteiger partial charge in [0.15, 0.2) is 0 Å². The third-order valence-electron chi connectivity index (χ3n) is 6.76. The van der Waals surface area contributed by atoms with Crippen LogP contribution < -0.4 is 10.9 Å². The Bertz CT molecular complexity index is 710. The van der Waals surface area contributed by atoms with Crippen LogP contribution in [0.2, 0.25) is 0 Å². The lowest BCUT2D eigenvalue weighted by Gasteiger charge is -2.32. The van der Waals surface area contributed by atoms with Crippen molar-refractivity contribution in [2.45, 2.75) is 89.6 Å². The van der Waals surface area contributed by atoms with Crippen molar-refractivity contribution in [1.29, 1.82) is 0 Å². The predicted molar refractivity (Wildman–Crippen MR) is 101 cm³/mol. The highest BCUT2D eigenvalue weighted by molar-refractivity contribution is 5.79. The maximum atomic E-state index is 12.5. The SMILES string of the molecule is CC1CCC(C(=O)NC2CCC(n3nc4c(cc3=O)CCC4)CC2)CC1. The number of aryl methyl sites for hydroxylation is 2. The minimum absolute atomic E-state index is 0.0504. The molecule has 2 saturated carbocycles. The zero-order valence-electron chi connectivity index (χ0n) is 15.9. The number of nitrogens with one attached hydrogen (secondary N) is 1. The fourth-order valence-electron chi connectivity index (χ4n) is 4.98. The number of hydrogen-bond acceptors (Lipinski definition) is 3. The maximum absolute atomic E-state index is 12.5. The number of aromatic nitrogens is 2. The third-order valence-corrected chi connectivity index (χ3v) is 6.76. The zero-order valence-corrected chi connectivity index (χ0v) is 15.9. The lowest BCUT2D eigenvalue weighted by Crippen LogP contribution is -2.42. The van der Waals surface area contributed by atoms with Crippen molar-refractivity contribution < 1.29 is 4.79 Å². The molecule has 142 valence electrons. The first-order valence-electron chi connectivity index (χ1n) is 10.5. The summed E-state index contributed by atoms with van der Waals surface area (Å²) in [5.41, 5.74) is 2.31. The summed E-state index contributed by atoms with van der Waals surface area (Å²) in [4.78, 5) is 24.9. The second kappa shape index (κ2) is 7.53. The van der Waals surface area contributed by atoms with Crippen LogP contribution in [0, 0.1) is 11.8 Å². The molecule has 0 atom stereocenters. The van der Waals surface area contributed by atoms with Gasteiger partial charge in [0.2, 0.25) is 5.91 Å². The van der Waals surface area contributed by atoms with Gasteiger partial charge in [0.1, 0.15) is 0 Å². The van der Waals surface area contributed by atoms with E-state index < -0.39 is 0 Å². The minimum Gasteiger partial charge on any atom is -0.353 e. The monoisotopic (exact) mass is 357 g/mol. The summed E-state index contributed by atoms with van der Waals surface area (Å²) in [6.45, 7) is 2.28. The standard InChI is InChI=1S/C21H31N3O2/c1-14-5-7-15(8-6-14)21(26)22-17-9-11-18(12-10-17)24-20(25)13-16-3-2-4-19(16)23-24/h13-15,17-18H,2-12H2,1H3,(H,22,26). The van der Waals surface area contributed by atoms with E-state index in [4.69, 9.17) is 0 Å². The highest BCUT2D eigenvalue weighted by atomic mass is 16.2. The lowest BCUT2D eigenvalue weighted by molar-refractivity contribution is -0.127. The Hall–Kier alpha value is -1.65. The van der Waals surface area contributed by atoms with Crippen LogP contribution in [0.5, 0.6) is 0 Å². The molecule has 0 aliphatic heterocycles. The third kappa shape index (κ3) is 3.72. The first-order chi connectivity index (χ1) is 12.6. The van der Waals surface area contributed by atoms with E-state index in [1.165, 1.54) is 12.8 Å². The second-order valence-electron chi connectivity index (χ2n) is 8.72. The molecule has 4 rings (SSSR count). The van der Waals surface area contributed by atoms with Crippen molar-refractivity contribution in [3.05, 3.63) is 27.7 Å². The van der Waals surface area contributed by atoms with E-state index in [2.05, 4.69) is 17.3 Å². The molecular formula is C21H31N3O2. The number of amides is 1. The first-order valence-corrected chi connectivity index (χ1v) is 10.5. The van der Waals surface area contributed by atoms with Gasteiger partial charge in [0, 0.05) is 18.0 Å². The lowest BCUT2D eigenvalue weighted by atomic mass is 9.82. The Kier molecular flexibility index (Phi) is 5.14. The van der Waals surface area contributed by atoms with Crippen molar-refractivity contribution in [2.75, 3.05) is 0 Å². The average Bonchev–Trinajstić information content (AvgIpc) is 3.09. The van der Waals surface area contributed by atoms with Gasteiger partial charge in [0.25, 0.3) is 5.56 Å². The summed E-state index contributed by atoms with van der Waals surface area (Å²) in [5.74, 6) is 1.24. The van der Waals surface area contributed by atoms with Crippen LogP contribution in [-0.2, 0) is 17.6 Å². The molecule has 0 radical (unpaired) electrons. The summed E-state index contributed by atoms with van der Waals surface area (Å²) >= 11 is 0. The number of hydrogen-bond donors (Lipinski definition) is 1. The maximum Gasteiger partial charge on any atom is 0.267 e. The van der Waals surface area contributed by atoms with E-state index in [1.807, 2.05) is 0 Å². The van der Waals surface area contributed by atoms with Gasteiger partial charge in [-0.3, -0.25) is 9.59 Å². The van der Waals surface area contributed by atoms with Crippen LogP contribution in [-0.4, -0.2) is 21.7 Å². The topological polar surface area (TPSA) is 64.0 Å². The number of fused-ring (bicyclic) bond motifs is 1. The van der Waals surface area contributed by atoms with E-state index >= 15 is 0 Å². The van der Waals surface area contributed by atoms with E-state index in [0.29, 0.717) is 0 Å². The molecule has 0 unspecified atom stereocenters. The summed E-state index contributed by atoms with van der Waals surface area (Å²) in [7, 11) is 0. The molecule has 1 amide bonds. The Morgan fingerprint density at radius 1 is 1.08 bits per heavy atom. The van der Waals surface area contributed by atoms with Gasteiger partial charge in [0.05, 0.1) is 11.7 Å². The van der Waals surface area contributed by atoms with E-state index in [1.54, 1.807) is 10.7 Å². The van der Waals surface area contributed by atoms with Gasteiger partial charge >= 0.3 is 0 Å². The van der Waals surface area contributed by atoms with Gasteiger partial charge in [-0.25, -0.2) is 4.68 Å². The quantitative estimate of drug-likeness (QED) is 0.904. The zero-order chi connectivity index (χ0) is 18.1. The molecule has 1 heterocycles. The Labute approximate surface area is 155 Å². The Balaban J connectivity index is 1.32. The van der Waals surface area contributed by atoms with Crippen molar-refractivity contribution in [3.63, 3.8) is 0 Å². The summed E-state index contributed by atoms with van der Waals surface area (Å²) in [6.07, 6.45) is 11.3. The van der Waals surface area contributed by atoms with Gasteiger partial charge in [-0.1, -0.05) is 6.92 Å². The summed E-state index contributed by atoms with van der Waals surface area (Å²) in [5, 5.41) is 7.94. The molecule has 0 saturated heterocycles.